The minimum Gasteiger partial charge on any atom is -0.341 e. The summed E-state index contributed by atoms with van der Waals surface area (Å²) in [4.78, 5) is 30.8. The van der Waals surface area contributed by atoms with Gasteiger partial charge in [0.05, 0.1) is 5.92 Å². The number of hydrogen-bond donors (Lipinski definition) is 1. The zero-order chi connectivity index (χ0) is 16.3. The fourth-order valence-corrected chi connectivity index (χ4v) is 2.68. The summed E-state index contributed by atoms with van der Waals surface area (Å²) in [5.41, 5.74) is 0.648. The van der Waals surface area contributed by atoms with Crippen molar-refractivity contribution in [1.82, 2.24) is 9.88 Å². The highest BCUT2D eigenvalue weighted by molar-refractivity contribution is 5.92. The van der Waals surface area contributed by atoms with Gasteiger partial charge in [0.2, 0.25) is 11.8 Å². The van der Waals surface area contributed by atoms with Crippen molar-refractivity contribution in [2.24, 2.45) is 11.3 Å². The second-order valence-corrected chi connectivity index (χ2v) is 7.05. The van der Waals surface area contributed by atoms with Crippen molar-refractivity contribution in [3.05, 3.63) is 23.9 Å². The summed E-state index contributed by atoms with van der Waals surface area (Å²) in [5.74, 6) is 0.467. The number of rotatable bonds is 2. The van der Waals surface area contributed by atoms with Crippen LogP contribution in [0.4, 0.5) is 5.82 Å². The number of nitrogens with one attached hydrogen (secondary N) is 1. The normalized spacial score (nSPS) is 18.9. The Balaban J connectivity index is 2.00. The Bertz CT molecular complexity index is 563. The van der Waals surface area contributed by atoms with E-state index < -0.39 is 5.41 Å². The van der Waals surface area contributed by atoms with Crippen molar-refractivity contribution < 1.29 is 9.59 Å². The third kappa shape index (κ3) is 4.06. The van der Waals surface area contributed by atoms with Crippen LogP contribution < -0.4 is 5.32 Å². The number of carbonyl (C=O) groups excluding carboxylic acids is 2. The molecule has 1 N–H and O–H groups in total. The molecule has 1 atom stereocenters. The lowest BCUT2D eigenvalue weighted by Crippen LogP contribution is -2.47. The molecular weight excluding hydrogens is 278 g/mol. The SMILES string of the molecule is Cc1ccnc(NC(=O)C2CCCN(C(=O)C(C)(C)C)C2)c1. The third-order valence-electron chi connectivity index (χ3n) is 3.89. The van der Waals surface area contributed by atoms with E-state index in [-0.39, 0.29) is 17.7 Å². The number of pyridine rings is 1. The molecule has 22 heavy (non-hydrogen) atoms. The van der Waals surface area contributed by atoms with Gasteiger partial charge in [-0.25, -0.2) is 4.98 Å². The zero-order valence-electron chi connectivity index (χ0n) is 13.8. The van der Waals surface area contributed by atoms with Gasteiger partial charge >= 0.3 is 0 Å². The Kier molecular flexibility index (Phi) is 4.84. The van der Waals surface area contributed by atoms with Gasteiger partial charge in [-0.15, -0.1) is 0 Å². The van der Waals surface area contributed by atoms with E-state index in [0.717, 1.165) is 24.9 Å². The summed E-state index contributed by atoms with van der Waals surface area (Å²) in [6.45, 7) is 8.93. The predicted octanol–water partition coefficient (Wildman–Crippen LogP) is 2.61. The number of aromatic nitrogens is 1. The monoisotopic (exact) mass is 303 g/mol. The molecule has 1 aliphatic rings. The Labute approximate surface area is 132 Å². The lowest BCUT2D eigenvalue weighted by atomic mass is 9.91. The molecule has 0 aliphatic carbocycles. The third-order valence-corrected chi connectivity index (χ3v) is 3.89. The number of hydrogen-bond acceptors (Lipinski definition) is 3. The van der Waals surface area contributed by atoms with E-state index in [0.29, 0.717) is 12.4 Å². The average molecular weight is 303 g/mol. The van der Waals surface area contributed by atoms with E-state index >= 15 is 0 Å². The number of likely N-dealkylation sites (tertiary alicyclic amines) is 1. The second kappa shape index (κ2) is 6.46. The maximum absolute atomic E-state index is 12.4. The molecule has 1 fully saturated rings. The maximum atomic E-state index is 12.4. The molecule has 2 heterocycles. The van der Waals surface area contributed by atoms with Crippen LogP contribution in [0.3, 0.4) is 0 Å². The summed E-state index contributed by atoms with van der Waals surface area (Å²) in [6, 6.07) is 3.73. The Morgan fingerprint density at radius 2 is 2.09 bits per heavy atom. The molecule has 1 unspecified atom stereocenters. The van der Waals surface area contributed by atoms with Crippen molar-refractivity contribution in [2.45, 2.75) is 40.5 Å². The number of anilines is 1. The first kappa shape index (κ1) is 16.5. The summed E-state index contributed by atoms with van der Waals surface area (Å²) < 4.78 is 0. The number of carbonyl (C=O) groups is 2. The summed E-state index contributed by atoms with van der Waals surface area (Å²) in [7, 11) is 0. The summed E-state index contributed by atoms with van der Waals surface area (Å²) in [6.07, 6.45) is 3.36. The highest BCUT2D eigenvalue weighted by Gasteiger charge is 2.33. The first-order valence-corrected chi connectivity index (χ1v) is 7.80. The van der Waals surface area contributed by atoms with Crippen LogP contribution in [0.15, 0.2) is 18.3 Å². The van der Waals surface area contributed by atoms with Gasteiger partial charge in [0, 0.05) is 24.7 Å². The van der Waals surface area contributed by atoms with E-state index in [2.05, 4.69) is 10.3 Å². The fraction of sp³-hybridized carbons (Fsp3) is 0.588. The summed E-state index contributed by atoms with van der Waals surface area (Å²) >= 11 is 0. The van der Waals surface area contributed by atoms with Gasteiger partial charge < -0.3 is 10.2 Å². The molecule has 1 aromatic rings. The van der Waals surface area contributed by atoms with Crippen LogP contribution >= 0.6 is 0 Å². The lowest BCUT2D eigenvalue weighted by molar-refractivity contribution is -0.142. The summed E-state index contributed by atoms with van der Waals surface area (Å²) in [5, 5.41) is 2.86. The van der Waals surface area contributed by atoms with Gasteiger partial charge in [0.1, 0.15) is 5.82 Å². The number of nitrogens with zero attached hydrogens (tertiary/aromatic N) is 2. The first-order chi connectivity index (χ1) is 10.3. The van der Waals surface area contributed by atoms with E-state index in [4.69, 9.17) is 0 Å². The van der Waals surface area contributed by atoms with Crippen molar-refractivity contribution in [3.8, 4) is 0 Å². The van der Waals surface area contributed by atoms with Gasteiger partial charge in [-0.2, -0.15) is 0 Å². The molecular formula is C17H25N3O2. The molecule has 0 radical (unpaired) electrons. The Morgan fingerprint density at radius 1 is 1.36 bits per heavy atom. The second-order valence-electron chi connectivity index (χ2n) is 7.05. The highest BCUT2D eigenvalue weighted by atomic mass is 16.2. The number of amides is 2. The van der Waals surface area contributed by atoms with Crippen molar-refractivity contribution >= 4 is 17.6 Å². The molecule has 0 saturated carbocycles. The lowest BCUT2D eigenvalue weighted by Gasteiger charge is -2.35. The van der Waals surface area contributed by atoms with E-state index in [1.165, 1.54) is 0 Å². The van der Waals surface area contributed by atoms with Crippen LogP contribution in [0.25, 0.3) is 0 Å². The molecule has 1 aromatic heterocycles. The van der Waals surface area contributed by atoms with Crippen LogP contribution in [-0.4, -0.2) is 34.8 Å². The smallest absolute Gasteiger partial charge is 0.230 e. The quantitative estimate of drug-likeness (QED) is 0.913. The van der Waals surface area contributed by atoms with Crippen molar-refractivity contribution in [3.63, 3.8) is 0 Å². The highest BCUT2D eigenvalue weighted by Crippen LogP contribution is 2.24. The maximum Gasteiger partial charge on any atom is 0.230 e. The minimum absolute atomic E-state index is 0.0514. The van der Waals surface area contributed by atoms with Crippen LogP contribution in [0, 0.1) is 18.3 Å². The van der Waals surface area contributed by atoms with E-state index in [1.54, 1.807) is 6.20 Å². The fourth-order valence-electron chi connectivity index (χ4n) is 2.68. The molecule has 5 heteroatoms. The minimum atomic E-state index is -0.406. The molecule has 5 nitrogen and oxygen atoms in total. The average Bonchev–Trinajstić information content (AvgIpc) is 2.45. The molecule has 2 rings (SSSR count). The van der Waals surface area contributed by atoms with Crippen LogP contribution in [0.2, 0.25) is 0 Å². The van der Waals surface area contributed by atoms with Gasteiger partial charge in [0.15, 0.2) is 0 Å². The van der Waals surface area contributed by atoms with Gasteiger partial charge in [-0.3, -0.25) is 9.59 Å². The van der Waals surface area contributed by atoms with Crippen LogP contribution in [0.5, 0.6) is 0 Å². The van der Waals surface area contributed by atoms with Gasteiger partial charge in [0.25, 0.3) is 0 Å². The largest absolute Gasteiger partial charge is 0.341 e. The standard InChI is InChI=1S/C17H25N3O2/c1-12-7-8-18-14(10-12)19-15(21)13-6-5-9-20(11-13)16(22)17(2,3)4/h7-8,10,13H,5-6,9,11H2,1-4H3,(H,18,19,21). The van der Waals surface area contributed by atoms with Crippen molar-refractivity contribution in [1.29, 1.82) is 0 Å². The molecule has 0 spiro atoms. The van der Waals surface area contributed by atoms with Gasteiger partial charge in [-0.05, 0) is 37.5 Å². The van der Waals surface area contributed by atoms with E-state index in [9.17, 15) is 9.59 Å². The molecule has 0 aromatic carbocycles. The van der Waals surface area contributed by atoms with Crippen molar-refractivity contribution in [2.75, 3.05) is 18.4 Å². The predicted molar refractivity (Wildman–Crippen MR) is 86.4 cm³/mol. The topological polar surface area (TPSA) is 62.3 Å². The molecule has 0 bridgehead atoms. The Hall–Kier alpha value is -1.91. The molecule has 120 valence electrons. The Morgan fingerprint density at radius 3 is 2.73 bits per heavy atom. The first-order valence-electron chi connectivity index (χ1n) is 7.80. The van der Waals surface area contributed by atoms with Gasteiger partial charge in [-0.1, -0.05) is 20.8 Å². The number of aryl methyl sites for hydroxylation is 1. The zero-order valence-corrected chi connectivity index (χ0v) is 13.8. The van der Waals surface area contributed by atoms with Crippen LogP contribution in [-0.2, 0) is 9.59 Å². The molecule has 1 aliphatic heterocycles. The van der Waals surface area contributed by atoms with Crippen LogP contribution in [0.1, 0.15) is 39.2 Å². The number of piperidine rings is 1. The molecule has 1 saturated heterocycles. The molecule has 2 amide bonds. The van der Waals surface area contributed by atoms with E-state index in [1.807, 2.05) is 44.7 Å².